The first-order valence-corrected chi connectivity index (χ1v) is 8.27. The van der Waals surface area contributed by atoms with Crippen LogP contribution < -0.4 is 10.6 Å². The van der Waals surface area contributed by atoms with Gasteiger partial charge in [0.2, 0.25) is 0 Å². The highest BCUT2D eigenvalue weighted by molar-refractivity contribution is 9.10. The van der Waals surface area contributed by atoms with E-state index in [2.05, 4.69) is 26.6 Å². The van der Waals surface area contributed by atoms with Crippen LogP contribution >= 0.6 is 27.5 Å². The Morgan fingerprint density at radius 2 is 1.86 bits per heavy atom. The molecule has 0 bridgehead atoms. The summed E-state index contributed by atoms with van der Waals surface area (Å²) >= 11 is 9.39. The van der Waals surface area contributed by atoms with Crippen LogP contribution in [0.15, 0.2) is 46.9 Å². The van der Waals surface area contributed by atoms with E-state index >= 15 is 0 Å². The number of benzene rings is 2. The molecular weight excluding hydrogens is 364 g/mol. The number of rotatable bonds is 3. The second-order valence-electron chi connectivity index (χ2n) is 5.65. The largest absolute Gasteiger partial charge is 0.328 e. The van der Waals surface area contributed by atoms with Crippen molar-refractivity contribution in [3.8, 4) is 0 Å². The standard InChI is InChI=1S/C17H16BrClN2O/c1-11-2-7-15(14(18)10-11)20-16(22)21-17(8-9-17)12-3-5-13(19)6-4-12/h2-7,10H,8-9H2,1H3,(H2,20,21,22). The van der Waals surface area contributed by atoms with Gasteiger partial charge in [-0.25, -0.2) is 4.79 Å². The van der Waals surface area contributed by atoms with Gasteiger partial charge >= 0.3 is 6.03 Å². The molecular formula is C17H16BrClN2O. The number of hydrogen-bond acceptors (Lipinski definition) is 1. The number of anilines is 1. The average molecular weight is 380 g/mol. The maximum Gasteiger partial charge on any atom is 0.319 e. The Kier molecular flexibility index (Phi) is 4.15. The molecule has 0 aromatic heterocycles. The lowest BCUT2D eigenvalue weighted by Crippen LogP contribution is -2.38. The summed E-state index contributed by atoms with van der Waals surface area (Å²) in [4.78, 5) is 12.3. The molecule has 2 amide bonds. The molecule has 0 aliphatic heterocycles. The summed E-state index contributed by atoms with van der Waals surface area (Å²) in [5.74, 6) is 0. The molecule has 0 heterocycles. The predicted molar refractivity (Wildman–Crippen MR) is 93.4 cm³/mol. The Hall–Kier alpha value is -1.52. The average Bonchev–Trinajstić information content (AvgIpc) is 3.23. The van der Waals surface area contributed by atoms with Gasteiger partial charge in [-0.1, -0.05) is 29.8 Å². The van der Waals surface area contributed by atoms with Gasteiger partial charge in [-0.15, -0.1) is 0 Å². The fourth-order valence-electron chi connectivity index (χ4n) is 2.47. The van der Waals surface area contributed by atoms with E-state index in [1.165, 1.54) is 0 Å². The number of carbonyl (C=O) groups excluding carboxylic acids is 1. The molecule has 1 aliphatic rings. The topological polar surface area (TPSA) is 41.1 Å². The van der Waals surface area contributed by atoms with Crippen molar-refractivity contribution in [2.75, 3.05) is 5.32 Å². The second-order valence-corrected chi connectivity index (χ2v) is 6.94. The molecule has 1 saturated carbocycles. The lowest BCUT2D eigenvalue weighted by molar-refractivity contribution is 0.247. The minimum atomic E-state index is -0.258. The molecule has 114 valence electrons. The number of amides is 2. The maximum absolute atomic E-state index is 12.3. The predicted octanol–water partition coefficient (Wildman–Crippen LogP) is 5.22. The molecule has 0 unspecified atom stereocenters. The summed E-state index contributed by atoms with van der Waals surface area (Å²) < 4.78 is 0.874. The van der Waals surface area contributed by atoms with Gasteiger partial charge in [0.25, 0.3) is 0 Å². The SMILES string of the molecule is Cc1ccc(NC(=O)NC2(c3ccc(Cl)cc3)CC2)c(Br)c1. The number of aryl methyl sites for hydroxylation is 1. The summed E-state index contributed by atoms with van der Waals surface area (Å²) in [6, 6.07) is 13.3. The van der Waals surface area contributed by atoms with Crippen molar-refractivity contribution < 1.29 is 4.79 Å². The molecule has 3 nitrogen and oxygen atoms in total. The van der Waals surface area contributed by atoms with Crippen LogP contribution in [-0.4, -0.2) is 6.03 Å². The lowest BCUT2D eigenvalue weighted by Gasteiger charge is -2.19. The molecule has 5 heteroatoms. The molecule has 1 aliphatic carbocycles. The van der Waals surface area contributed by atoms with Crippen molar-refractivity contribution >= 4 is 39.2 Å². The van der Waals surface area contributed by atoms with Crippen LogP contribution in [-0.2, 0) is 5.54 Å². The summed E-state index contributed by atoms with van der Waals surface area (Å²) in [7, 11) is 0. The minimum Gasteiger partial charge on any atom is -0.328 e. The normalized spacial score (nSPS) is 15.2. The van der Waals surface area contributed by atoms with E-state index < -0.39 is 0 Å². The van der Waals surface area contributed by atoms with Crippen molar-refractivity contribution in [3.05, 3.63) is 63.1 Å². The highest BCUT2D eigenvalue weighted by Crippen LogP contribution is 2.45. The smallest absolute Gasteiger partial charge is 0.319 e. The fraction of sp³-hybridized carbons (Fsp3) is 0.235. The summed E-state index contributed by atoms with van der Waals surface area (Å²) in [6.07, 6.45) is 1.88. The molecule has 2 aromatic rings. The van der Waals surface area contributed by atoms with Crippen LogP contribution in [0.25, 0.3) is 0 Å². The van der Waals surface area contributed by atoms with Crippen LogP contribution in [0.4, 0.5) is 10.5 Å². The third-order valence-corrected chi connectivity index (χ3v) is 4.78. The van der Waals surface area contributed by atoms with Gasteiger partial charge in [0.1, 0.15) is 0 Å². The number of halogens is 2. The van der Waals surface area contributed by atoms with E-state index in [1.54, 1.807) is 0 Å². The Morgan fingerprint density at radius 3 is 2.45 bits per heavy atom. The first-order chi connectivity index (χ1) is 10.5. The molecule has 0 radical (unpaired) electrons. The zero-order chi connectivity index (χ0) is 15.7. The van der Waals surface area contributed by atoms with E-state index in [0.29, 0.717) is 5.02 Å². The highest BCUT2D eigenvalue weighted by atomic mass is 79.9. The summed E-state index contributed by atoms with van der Waals surface area (Å²) in [6.45, 7) is 2.01. The summed E-state index contributed by atoms with van der Waals surface area (Å²) in [5.41, 5.74) is 2.73. The van der Waals surface area contributed by atoms with E-state index in [-0.39, 0.29) is 11.6 Å². The number of carbonyl (C=O) groups is 1. The monoisotopic (exact) mass is 378 g/mol. The quantitative estimate of drug-likeness (QED) is 0.754. The molecule has 0 atom stereocenters. The molecule has 2 aromatic carbocycles. The Morgan fingerprint density at radius 1 is 1.18 bits per heavy atom. The number of nitrogens with one attached hydrogen (secondary N) is 2. The van der Waals surface area contributed by atoms with Gasteiger partial charge in [0.05, 0.1) is 11.2 Å². The third kappa shape index (κ3) is 3.28. The molecule has 0 spiro atoms. The van der Waals surface area contributed by atoms with E-state index in [0.717, 1.165) is 34.1 Å². The van der Waals surface area contributed by atoms with E-state index in [1.807, 2.05) is 49.4 Å². The van der Waals surface area contributed by atoms with Crippen LogP contribution in [0.2, 0.25) is 5.02 Å². The Bertz CT molecular complexity index is 711. The van der Waals surface area contributed by atoms with Crippen molar-refractivity contribution in [1.29, 1.82) is 0 Å². The molecule has 22 heavy (non-hydrogen) atoms. The van der Waals surface area contributed by atoms with Crippen LogP contribution in [0, 0.1) is 6.92 Å². The second kappa shape index (κ2) is 5.94. The number of urea groups is 1. The molecule has 0 saturated heterocycles. The maximum atomic E-state index is 12.3. The fourth-order valence-corrected chi connectivity index (χ4v) is 3.19. The number of hydrogen-bond donors (Lipinski definition) is 2. The zero-order valence-electron chi connectivity index (χ0n) is 12.1. The lowest BCUT2D eigenvalue weighted by atomic mass is 10.1. The first kappa shape index (κ1) is 15.4. The molecule has 2 N–H and O–H groups in total. The first-order valence-electron chi connectivity index (χ1n) is 7.10. The summed E-state index contributed by atoms with van der Waals surface area (Å²) in [5, 5.41) is 6.67. The van der Waals surface area contributed by atoms with Crippen molar-refractivity contribution in [2.45, 2.75) is 25.3 Å². The van der Waals surface area contributed by atoms with E-state index in [4.69, 9.17) is 11.6 Å². The van der Waals surface area contributed by atoms with Gasteiger partial charge in [-0.2, -0.15) is 0 Å². The Balaban J connectivity index is 1.70. The zero-order valence-corrected chi connectivity index (χ0v) is 14.5. The van der Waals surface area contributed by atoms with E-state index in [9.17, 15) is 4.79 Å². The molecule has 1 fully saturated rings. The van der Waals surface area contributed by atoms with Crippen LogP contribution in [0.5, 0.6) is 0 Å². The van der Waals surface area contributed by atoms with Gasteiger partial charge < -0.3 is 10.6 Å². The van der Waals surface area contributed by atoms with Gasteiger partial charge in [-0.05, 0) is 71.1 Å². The minimum absolute atomic E-state index is 0.197. The van der Waals surface area contributed by atoms with Gasteiger partial charge in [0.15, 0.2) is 0 Å². The van der Waals surface area contributed by atoms with Crippen molar-refractivity contribution in [2.24, 2.45) is 0 Å². The van der Waals surface area contributed by atoms with Crippen LogP contribution in [0.3, 0.4) is 0 Å². The van der Waals surface area contributed by atoms with Crippen LogP contribution in [0.1, 0.15) is 24.0 Å². The Labute approximate surface area is 143 Å². The van der Waals surface area contributed by atoms with Crippen molar-refractivity contribution in [3.63, 3.8) is 0 Å². The van der Waals surface area contributed by atoms with Gasteiger partial charge in [-0.3, -0.25) is 0 Å². The van der Waals surface area contributed by atoms with Gasteiger partial charge in [0, 0.05) is 9.50 Å². The highest BCUT2D eigenvalue weighted by Gasteiger charge is 2.45. The third-order valence-electron chi connectivity index (χ3n) is 3.87. The van der Waals surface area contributed by atoms with Crippen molar-refractivity contribution in [1.82, 2.24) is 5.32 Å². The molecule has 3 rings (SSSR count).